The van der Waals surface area contributed by atoms with E-state index in [1.54, 1.807) is 4.90 Å². The first-order chi connectivity index (χ1) is 6.37. The molecule has 0 aromatic heterocycles. The predicted octanol–water partition coefficient (Wildman–Crippen LogP) is -0.0206. The highest BCUT2D eigenvalue weighted by atomic mass is 16.3. The van der Waals surface area contributed by atoms with Crippen LogP contribution in [-0.2, 0) is 0 Å². The van der Waals surface area contributed by atoms with Crippen molar-refractivity contribution in [3.63, 3.8) is 0 Å². The zero-order valence-corrected chi connectivity index (χ0v) is 8.83. The first-order valence-corrected chi connectivity index (χ1v) is 4.66. The van der Waals surface area contributed by atoms with Crippen molar-refractivity contribution in [3.8, 4) is 5.75 Å². The Balaban J connectivity index is 3.15. The van der Waals surface area contributed by atoms with Gasteiger partial charge in [-0.1, -0.05) is 0 Å². The van der Waals surface area contributed by atoms with Crippen LogP contribution in [0.2, 0.25) is 0 Å². The molecule has 0 aliphatic carbocycles. The minimum Gasteiger partial charge on any atom is -0.868 e. The summed E-state index contributed by atoms with van der Waals surface area (Å²) in [5.74, 6) is -0.641. The first-order valence-electron chi connectivity index (χ1n) is 4.66. The summed E-state index contributed by atoms with van der Waals surface area (Å²) in [5.41, 5.74) is -1.47. The van der Waals surface area contributed by atoms with Gasteiger partial charge in [-0.05, 0) is 33.4 Å². The van der Waals surface area contributed by atoms with Crippen LogP contribution in [0.15, 0.2) is 9.59 Å². The van der Waals surface area contributed by atoms with Gasteiger partial charge in [0.2, 0.25) is 10.9 Å². The molecule has 1 aromatic rings. The van der Waals surface area contributed by atoms with E-state index in [1.165, 1.54) is 0 Å². The van der Waals surface area contributed by atoms with Crippen molar-refractivity contribution in [1.29, 1.82) is 0 Å². The van der Waals surface area contributed by atoms with E-state index in [4.69, 9.17) is 0 Å². The summed E-state index contributed by atoms with van der Waals surface area (Å²) >= 11 is 0. The Morgan fingerprint density at radius 1 is 1.00 bits per heavy atom. The second-order valence-corrected chi connectivity index (χ2v) is 3.93. The van der Waals surface area contributed by atoms with Gasteiger partial charge in [-0.3, -0.25) is 9.59 Å². The van der Waals surface area contributed by atoms with Gasteiger partial charge in [-0.15, -0.1) is 0 Å². The predicted molar refractivity (Wildman–Crippen MR) is 53.6 cm³/mol. The SMILES string of the molecule is CC(C)N(c1c([O-])c(=O)c1=O)C(C)C. The van der Waals surface area contributed by atoms with Gasteiger partial charge < -0.3 is 10.0 Å². The molecular weight excluding hydrogens is 182 g/mol. The summed E-state index contributed by atoms with van der Waals surface area (Å²) in [6.45, 7) is 7.54. The zero-order valence-electron chi connectivity index (χ0n) is 8.83. The lowest BCUT2D eigenvalue weighted by Crippen LogP contribution is -2.48. The molecule has 78 valence electrons. The maximum Gasteiger partial charge on any atom is 0.247 e. The second kappa shape index (κ2) is 3.44. The molecule has 1 aromatic carbocycles. The van der Waals surface area contributed by atoms with Crippen molar-refractivity contribution in [3.05, 3.63) is 20.4 Å². The molecule has 1 rings (SSSR count). The molecule has 0 heterocycles. The Hall–Kier alpha value is -1.32. The number of anilines is 1. The van der Waals surface area contributed by atoms with Gasteiger partial charge in [0.1, 0.15) is 0 Å². The largest absolute Gasteiger partial charge is 0.868 e. The molecule has 0 saturated heterocycles. The van der Waals surface area contributed by atoms with Gasteiger partial charge >= 0.3 is 0 Å². The number of nitrogens with zero attached hydrogens (tertiary/aromatic N) is 1. The van der Waals surface area contributed by atoms with Crippen molar-refractivity contribution in [1.82, 2.24) is 0 Å². The average molecular weight is 196 g/mol. The molecule has 0 aliphatic heterocycles. The fourth-order valence-corrected chi connectivity index (χ4v) is 1.71. The van der Waals surface area contributed by atoms with Crippen LogP contribution in [0.25, 0.3) is 0 Å². The van der Waals surface area contributed by atoms with Crippen LogP contribution in [0, 0.1) is 0 Å². The van der Waals surface area contributed by atoms with Gasteiger partial charge in [-0.25, -0.2) is 0 Å². The van der Waals surface area contributed by atoms with Crippen LogP contribution >= 0.6 is 0 Å². The van der Waals surface area contributed by atoms with Crippen molar-refractivity contribution >= 4 is 5.69 Å². The molecule has 0 aliphatic rings. The van der Waals surface area contributed by atoms with Gasteiger partial charge in [0.05, 0.1) is 5.69 Å². The highest BCUT2D eigenvalue weighted by Crippen LogP contribution is 2.22. The maximum atomic E-state index is 11.2. The first kappa shape index (κ1) is 10.8. The van der Waals surface area contributed by atoms with Crippen LogP contribution < -0.4 is 20.9 Å². The van der Waals surface area contributed by atoms with E-state index < -0.39 is 16.6 Å². The Morgan fingerprint density at radius 3 is 1.71 bits per heavy atom. The third kappa shape index (κ3) is 1.41. The molecule has 0 unspecified atom stereocenters. The molecule has 14 heavy (non-hydrogen) atoms. The Morgan fingerprint density at radius 2 is 1.43 bits per heavy atom. The van der Waals surface area contributed by atoms with E-state index in [1.807, 2.05) is 27.7 Å². The van der Waals surface area contributed by atoms with Crippen LogP contribution in [0.1, 0.15) is 27.7 Å². The van der Waals surface area contributed by atoms with Crippen LogP contribution in [-0.4, -0.2) is 12.1 Å². The molecule has 0 atom stereocenters. The van der Waals surface area contributed by atoms with Crippen LogP contribution in [0.4, 0.5) is 5.69 Å². The number of rotatable bonds is 3. The monoisotopic (exact) mass is 196 g/mol. The molecule has 0 fully saturated rings. The second-order valence-electron chi connectivity index (χ2n) is 3.93. The van der Waals surface area contributed by atoms with Gasteiger partial charge in [-0.2, -0.15) is 0 Å². The normalized spacial score (nSPS) is 11.6. The third-order valence-electron chi connectivity index (χ3n) is 2.21. The van der Waals surface area contributed by atoms with Crippen LogP contribution in [0.3, 0.4) is 0 Å². The summed E-state index contributed by atoms with van der Waals surface area (Å²) in [6, 6.07) is 0.0944. The molecular formula is C10H14NO3-. The van der Waals surface area contributed by atoms with Crippen molar-refractivity contribution in [2.75, 3.05) is 4.90 Å². The highest BCUT2D eigenvalue weighted by Gasteiger charge is 2.23. The summed E-state index contributed by atoms with van der Waals surface area (Å²) < 4.78 is 0. The molecule has 0 N–H and O–H groups in total. The third-order valence-corrected chi connectivity index (χ3v) is 2.21. The van der Waals surface area contributed by atoms with E-state index >= 15 is 0 Å². The summed E-state index contributed by atoms with van der Waals surface area (Å²) in [4.78, 5) is 23.6. The molecule has 0 radical (unpaired) electrons. The van der Waals surface area contributed by atoms with Crippen LogP contribution in [0.5, 0.6) is 5.75 Å². The van der Waals surface area contributed by atoms with E-state index in [0.29, 0.717) is 0 Å². The Bertz CT molecular complexity index is 391. The minimum atomic E-state index is -0.883. The van der Waals surface area contributed by atoms with Crippen molar-refractivity contribution in [2.24, 2.45) is 0 Å². The lowest BCUT2D eigenvalue weighted by molar-refractivity contribution is -0.270. The average Bonchev–Trinajstić information content (AvgIpc) is 2.10. The van der Waals surface area contributed by atoms with Gasteiger partial charge in [0.15, 0.2) is 0 Å². The lowest BCUT2D eigenvalue weighted by Gasteiger charge is -2.36. The minimum absolute atomic E-state index is 0.0472. The maximum absolute atomic E-state index is 11.2. The quantitative estimate of drug-likeness (QED) is 0.637. The molecule has 0 spiro atoms. The smallest absolute Gasteiger partial charge is 0.247 e. The fourth-order valence-electron chi connectivity index (χ4n) is 1.71. The summed E-state index contributed by atoms with van der Waals surface area (Å²) in [5, 5.41) is 11.2. The topological polar surface area (TPSA) is 60.4 Å². The lowest BCUT2D eigenvalue weighted by atomic mass is 10.1. The van der Waals surface area contributed by atoms with E-state index in [9.17, 15) is 14.7 Å². The number of hydrogen-bond donors (Lipinski definition) is 0. The zero-order chi connectivity index (χ0) is 11.0. The molecule has 0 saturated carbocycles. The standard InChI is InChI=1S/C10H15NO3/c1-5(2)11(6(3)4)7-8(12)10(14)9(7)13/h5-6,12H,1-4H3/p-1. The Kier molecular flexibility index (Phi) is 2.64. The fraction of sp³-hybridized carbons (Fsp3) is 0.600. The molecule has 0 amide bonds. The highest BCUT2D eigenvalue weighted by molar-refractivity contribution is 5.63. The molecule has 0 bridgehead atoms. The number of hydrogen-bond acceptors (Lipinski definition) is 4. The van der Waals surface area contributed by atoms with Gasteiger partial charge in [0, 0.05) is 12.1 Å². The summed E-state index contributed by atoms with van der Waals surface area (Å²) in [6.07, 6.45) is 0. The summed E-state index contributed by atoms with van der Waals surface area (Å²) in [7, 11) is 0. The van der Waals surface area contributed by atoms with E-state index in [-0.39, 0.29) is 17.8 Å². The van der Waals surface area contributed by atoms with E-state index in [2.05, 4.69) is 0 Å². The van der Waals surface area contributed by atoms with E-state index in [0.717, 1.165) is 0 Å². The van der Waals surface area contributed by atoms with Crippen molar-refractivity contribution in [2.45, 2.75) is 39.8 Å². The molecule has 4 heteroatoms. The van der Waals surface area contributed by atoms with Crippen molar-refractivity contribution < 1.29 is 5.11 Å². The van der Waals surface area contributed by atoms with Gasteiger partial charge in [0.25, 0.3) is 0 Å². The molecule has 4 nitrogen and oxygen atoms in total. The Labute approximate surface area is 82.5 Å².